The van der Waals surface area contributed by atoms with Crippen molar-refractivity contribution in [3.8, 4) is 0 Å². The van der Waals surface area contributed by atoms with E-state index in [9.17, 15) is 23.1 Å². The molecule has 3 heterocycles. The van der Waals surface area contributed by atoms with E-state index in [2.05, 4.69) is 15.3 Å². The van der Waals surface area contributed by atoms with Crippen LogP contribution in [-0.4, -0.2) is 45.2 Å². The summed E-state index contributed by atoms with van der Waals surface area (Å²) in [6, 6.07) is 6.49. The molecule has 34 heavy (non-hydrogen) atoms. The Morgan fingerprint density at radius 2 is 2.15 bits per heavy atom. The van der Waals surface area contributed by atoms with Gasteiger partial charge in [0.25, 0.3) is 0 Å². The van der Waals surface area contributed by atoms with Gasteiger partial charge in [-0.05, 0) is 37.6 Å². The number of nitrogens with one attached hydrogen (secondary N) is 1. The number of thiazole rings is 1. The number of pyridine rings is 1. The fraction of sp³-hybridized carbons (Fsp3) is 0.348. The molecule has 0 spiro atoms. The third kappa shape index (κ3) is 5.18. The Labute approximate surface area is 203 Å². The summed E-state index contributed by atoms with van der Waals surface area (Å²) >= 11 is 7.20. The van der Waals surface area contributed by atoms with Crippen molar-refractivity contribution in [2.75, 3.05) is 18.5 Å². The molecule has 2 unspecified atom stereocenters. The second-order valence-corrected chi connectivity index (χ2v) is 9.60. The highest BCUT2D eigenvalue weighted by molar-refractivity contribution is 7.13. The number of hydrogen-bond donors (Lipinski definition) is 2. The molecule has 1 saturated heterocycles. The average molecular weight is 511 g/mol. The number of carboxylic acid groups (broad SMARTS) is 1. The summed E-state index contributed by atoms with van der Waals surface area (Å²) in [5.74, 6) is -2.01. The number of rotatable bonds is 8. The zero-order valence-corrected chi connectivity index (χ0v) is 19.6. The number of carboxylic acids is 1. The minimum absolute atomic E-state index is 0.0177. The summed E-state index contributed by atoms with van der Waals surface area (Å²) in [5.41, 5.74) is -1.12. The minimum atomic E-state index is -1.41. The quantitative estimate of drug-likeness (QED) is 0.419. The molecule has 4 rings (SSSR count). The number of aliphatic carboxylic acids is 1. The van der Waals surface area contributed by atoms with Crippen molar-refractivity contribution in [3.05, 3.63) is 69.8 Å². The third-order valence-corrected chi connectivity index (χ3v) is 7.13. The van der Waals surface area contributed by atoms with Gasteiger partial charge >= 0.3 is 5.97 Å². The molecule has 11 heteroatoms. The summed E-state index contributed by atoms with van der Waals surface area (Å²) < 4.78 is 43.0. The van der Waals surface area contributed by atoms with E-state index in [4.69, 9.17) is 11.6 Å². The van der Waals surface area contributed by atoms with Crippen LogP contribution >= 0.6 is 22.9 Å². The molecule has 1 fully saturated rings. The van der Waals surface area contributed by atoms with Crippen LogP contribution in [0.5, 0.6) is 0 Å². The van der Waals surface area contributed by atoms with Gasteiger partial charge in [-0.1, -0.05) is 23.7 Å². The number of piperidine rings is 1. The first-order chi connectivity index (χ1) is 16.3. The highest BCUT2D eigenvalue weighted by Gasteiger charge is 2.46. The number of nitrogens with zero attached hydrogens (tertiary/aromatic N) is 3. The van der Waals surface area contributed by atoms with Gasteiger partial charge in [0.1, 0.15) is 24.1 Å². The smallest absolute Gasteiger partial charge is 0.310 e. The number of alkyl halides is 1. The van der Waals surface area contributed by atoms with Crippen LogP contribution in [-0.2, 0) is 17.8 Å². The Kier molecular flexibility index (Phi) is 7.39. The molecule has 2 N–H and O–H groups in total. The van der Waals surface area contributed by atoms with Crippen LogP contribution in [0.4, 0.5) is 24.1 Å². The Morgan fingerprint density at radius 1 is 1.32 bits per heavy atom. The molecule has 0 saturated carbocycles. The van der Waals surface area contributed by atoms with Crippen LogP contribution in [0.1, 0.15) is 24.1 Å². The molecule has 1 aromatic carbocycles. The van der Waals surface area contributed by atoms with Crippen LogP contribution in [0.25, 0.3) is 0 Å². The van der Waals surface area contributed by atoms with Crippen molar-refractivity contribution in [1.82, 2.24) is 14.9 Å². The molecule has 2 atom stereocenters. The number of halogens is 4. The normalized spacial score (nSPS) is 20.9. The highest BCUT2D eigenvalue weighted by Crippen LogP contribution is 2.40. The second-order valence-electron chi connectivity index (χ2n) is 8.30. The lowest BCUT2D eigenvalue weighted by Gasteiger charge is -2.43. The number of benzene rings is 1. The SMILES string of the molecule is O=C(O)C1(Cc2nc(Nc3nccs3)ccc2F)CCN(Cc2cccc(Cl)c2F)C(CF)C1. The van der Waals surface area contributed by atoms with Crippen LogP contribution in [0.2, 0.25) is 5.02 Å². The Bertz CT molecular complexity index is 1170. The number of aromatic nitrogens is 2. The van der Waals surface area contributed by atoms with Gasteiger partial charge in [0.15, 0.2) is 5.13 Å². The molecule has 0 aliphatic carbocycles. The maximum Gasteiger partial charge on any atom is 0.310 e. The molecule has 2 aromatic heterocycles. The monoisotopic (exact) mass is 510 g/mol. The number of carbonyl (C=O) groups is 1. The maximum atomic E-state index is 14.6. The van der Waals surface area contributed by atoms with E-state index in [1.54, 1.807) is 28.6 Å². The summed E-state index contributed by atoms with van der Waals surface area (Å²) in [6.45, 7) is -0.527. The molecular weight excluding hydrogens is 489 g/mol. The molecule has 1 aliphatic rings. The van der Waals surface area contributed by atoms with E-state index in [0.29, 0.717) is 16.5 Å². The molecule has 6 nitrogen and oxygen atoms in total. The first-order valence-electron chi connectivity index (χ1n) is 10.6. The van der Waals surface area contributed by atoms with Gasteiger partial charge in [0.2, 0.25) is 0 Å². The lowest BCUT2D eigenvalue weighted by atomic mass is 9.72. The van der Waals surface area contributed by atoms with E-state index in [1.807, 2.05) is 0 Å². The minimum Gasteiger partial charge on any atom is -0.481 e. The molecule has 0 radical (unpaired) electrons. The van der Waals surface area contributed by atoms with E-state index in [-0.39, 0.29) is 43.1 Å². The Hall–Kier alpha value is -2.69. The fourth-order valence-electron chi connectivity index (χ4n) is 4.30. The molecular formula is C23H22ClF3N4O2S. The Balaban J connectivity index is 1.55. The van der Waals surface area contributed by atoms with Crippen molar-refractivity contribution in [3.63, 3.8) is 0 Å². The van der Waals surface area contributed by atoms with Crippen LogP contribution in [0, 0.1) is 17.0 Å². The number of likely N-dealkylation sites (tertiary alicyclic amines) is 1. The van der Waals surface area contributed by atoms with Gasteiger partial charge in [0, 0.05) is 36.1 Å². The summed E-state index contributed by atoms with van der Waals surface area (Å²) in [7, 11) is 0. The van der Waals surface area contributed by atoms with Crippen molar-refractivity contribution >= 4 is 39.9 Å². The topological polar surface area (TPSA) is 78.3 Å². The summed E-state index contributed by atoms with van der Waals surface area (Å²) in [5, 5.41) is 15.4. The van der Waals surface area contributed by atoms with Gasteiger partial charge in [-0.15, -0.1) is 11.3 Å². The summed E-state index contributed by atoms with van der Waals surface area (Å²) in [6.07, 6.45) is 1.48. The van der Waals surface area contributed by atoms with Gasteiger partial charge in [-0.25, -0.2) is 23.1 Å². The average Bonchev–Trinajstić information content (AvgIpc) is 3.33. The maximum absolute atomic E-state index is 14.6. The van der Waals surface area contributed by atoms with Gasteiger partial charge in [0.05, 0.1) is 16.1 Å². The predicted octanol–water partition coefficient (Wildman–Crippen LogP) is 5.46. The molecule has 0 bridgehead atoms. The van der Waals surface area contributed by atoms with Crippen LogP contribution < -0.4 is 5.32 Å². The van der Waals surface area contributed by atoms with E-state index < -0.39 is 35.7 Å². The van der Waals surface area contributed by atoms with Crippen molar-refractivity contribution in [1.29, 1.82) is 0 Å². The molecule has 1 aliphatic heterocycles. The van der Waals surface area contributed by atoms with Crippen LogP contribution in [0.15, 0.2) is 41.9 Å². The fourth-order valence-corrected chi connectivity index (χ4v) is 5.03. The lowest BCUT2D eigenvalue weighted by Crippen LogP contribution is -2.51. The van der Waals surface area contributed by atoms with Gasteiger partial charge in [-0.2, -0.15) is 0 Å². The van der Waals surface area contributed by atoms with E-state index >= 15 is 0 Å². The highest BCUT2D eigenvalue weighted by atomic mass is 35.5. The molecule has 180 valence electrons. The van der Waals surface area contributed by atoms with Gasteiger partial charge in [-0.3, -0.25) is 9.69 Å². The predicted molar refractivity (Wildman–Crippen MR) is 124 cm³/mol. The van der Waals surface area contributed by atoms with Crippen LogP contribution in [0.3, 0.4) is 0 Å². The van der Waals surface area contributed by atoms with E-state index in [1.165, 1.54) is 29.5 Å². The third-order valence-electron chi connectivity index (χ3n) is 6.15. The van der Waals surface area contributed by atoms with Gasteiger partial charge < -0.3 is 10.4 Å². The zero-order chi connectivity index (χ0) is 24.3. The molecule has 3 aromatic rings. The second kappa shape index (κ2) is 10.3. The number of hydrogen-bond acceptors (Lipinski definition) is 6. The standard InChI is InChI=1S/C23H22ClF3N4O2S/c24-16-3-1-2-14(20(16)27)13-31-8-6-23(21(32)33,10-15(31)12-25)11-18-17(26)4-5-19(29-18)30-22-28-7-9-34-22/h1-5,7,9,15H,6,8,10-13H2,(H,32,33)(H,28,29,30). The Morgan fingerprint density at radius 3 is 2.85 bits per heavy atom. The first kappa shape index (κ1) is 24.4. The number of anilines is 2. The van der Waals surface area contributed by atoms with Crippen molar-refractivity contribution in [2.24, 2.45) is 5.41 Å². The summed E-state index contributed by atoms with van der Waals surface area (Å²) in [4.78, 5) is 22.4. The van der Waals surface area contributed by atoms with Crippen molar-refractivity contribution in [2.45, 2.75) is 31.8 Å². The lowest BCUT2D eigenvalue weighted by molar-refractivity contribution is -0.154. The van der Waals surface area contributed by atoms with E-state index in [0.717, 1.165) is 0 Å². The first-order valence-corrected chi connectivity index (χ1v) is 11.9. The van der Waals surface area contributed by atoms with Crippen molar-refractivity contribution < 1.29 is 23.1 Å². The zero-order valence-electron chi connectivity index (χ0n) is 18.0. The molecule has 0 amide bonds. The largest absolute Gasteiger partial charge is 0.481 e.